The summed E-state index contributed by atoms with van der Waals surface area (Å²) in [4.78, 5) is 0. The van der Waals surface area contributed by atoms with Gasteiger partial charge in [-0.25, -0.2) is 0 Å². The smallest absolute Gasteiger partial charge is 0.00988 e. The highest BCUT2D eigenvalue weighted by molar-refractivity contribution is 6.15. The number of fused-ring (bicyclic) bond motifs is 8. The maximum Gasteiger partial charge on any atom is -0.00988 e. The van der Waals surface area contributed by atoms with Gasteiger partial charge in [0.15, 0.2) is 0 Å². The third kappa shape index (κ3) is 4.38. The van der Waals surface area contributed by atoms with Crippen molar-refractivity contribution in [2.45, 2.75) is 0 Å². The molecule has 0 saturated carbocycles. The Morgan fingerprint density at radius 3 is 1.19 bits per heavy atom. The molecule has 10 rings (SSSR count). The molecule has 0 saturated heterocycles. The molecule has 0 aliphatic carbocycles. The lowest BCUT2D eigenvalue weighted by Gasteiger charge is -2.13. The van der Waals surface area contributed by atoms with Crippen molar-refractivity contribution in [2.75, 3.05) is 0 Å². The molecule has 0 spiro atoms. The second-order valence-electron chi connectivity index (χ2n) is 13.0. The van der Waals surface area contributed by atoms with Crippen molar-refractivity contribution in [3.05, 3.63) is 182 Å². The maximum atomic E-state index is 2.36. The summed E-state index contributed by atoms with van der Waals surface area (Å²) in [5, 5.41) is 15.3. The minimum Gasteiger partial charge on any atom is -0.0616 e. The number of hydrogen-bond donors (Lipinski definition) is 0. The van der Waals surface area contributed by atoms with E-state index >= 15 is 0 Å². The lowest BCUT2D eigenvalue weighted by molar-refractivity contribution is 1.65. The zero-order valence-electron chi connectivity index (χ0n) is 26.3. The van der Waals surface area contributed by atoms with Crippen LogP contribution in [0.4, 0.5) is 0 Å². The van der Waals surface area contributed by atoms with Crippen LogP contribution in [-0.2, 0) is 0 Å². The van der Waals surface area contributed by atoms with Crippen LogP contribution in [0.5, 0.6) is 0 Å². The topological polar surface area (TPSA) is 0 Å². The lowest BCUT2D eigenvalue weighted by atomic mass is 9.91. The summed E-state index contributed by atoms with van der Waals surface area (Å²) in [6.45, 7) is 0. The van der Waals surface area contributed by atoms with Crippen LogP contribution in [0.2, 0.25) is 0 Å². The predicted molar refractivity (Wildman–Crippen MR) is 208 cm³/mol. The van der Waals surface area contributed by atoms with E-state index < -0.39 is 0 Å². The standard InChI is InChI=1S/C48H30/c1-2-8-32-25-33(14-13-31(32)7-1)34-15-16-36-27-37(18-17-35(36)26-34)38-21-23-44-40(28-38)19-20-41-29-42(22-24-45(41)44)48-30-39-9-3-4-10-43(39)46-11-5-6-12-47(46)48/h1-30H. The van der Waals surface area contributed by atoms with Crippen LogP contribution in [0.1, 0.15) is 0 Å². The molecule has 0 aliphatic heterocycles. The molecule has 0 fully saturated rings. The minimum atomic E-state index is 1.24. The molecular weight excluding hydrogens is 577 g/mol. The summed E-state index contributed by atoms with van der Waals surface area (Å²) in [5.41, 5.74) is 7.50. The van der Waals surface area contributed by atoms with Gasteiger partial charge in [0.2, 0.25) is 0 Å². The first-order valence-electron chi connectivity index (χ1n) is 16.7. The van der Waals surface area contributed by atoms with Gasteiger partial charge in [-0.05, 0) is 134 Å². The largest absolute Gasteiger partial charge is 0.0616 e. The van der Waals surface area contributed by atoms with Gasteiger partial charge in [0.1, 0.15) is 0 Å². The molecule has 0 nitrogen and oxygen atoms in total. The second-order valence-corrected chi connectivity index (χ2v) is 13.0. The highest BCUT2D eigenvalue weighted by atomic mass is 14.1. The van der Waals surface area contributed by atoms with Gasteiger partial charge in [-0.3, -0.25) is 0 Å². The molecule has 0 bridgehead atoms. The van der Waals surface area contributed by atoms with Gasteiger partial charge in [-0.1, -0.05) is 146 Å². The van der Waals surface area contributed by atoms with Gasteiger partial charge < -0.3 is 0 Å². The van der Waals surface area contributed by atoms with Gasteiger partial charge in [0.25, 0.3) is 0 Å². The Labute approximate surface area is 279 Å². The Morgan fingerprint density at radius 1 is 0.188 bits per heavy atom. The molecule has 0 amide bonds. The molecule has 48 heavy (non-hydrogen) atoms. The normalized spacial score (nSPS) is 11.8. The van der Waals surface area contributed by atoms with Crippen LogP contribution in [0.25, 0.3) is 98.0 Å². The monoisotopic (exact) mass is 606 g/mol. The van der Waals surface area contributed by atoms with Gasteiger partial charge in [0.05, 0.1) is 0 Å². The number of rotatable bonds is 3. The predicted octanol–water partition coefficient (Wildman–Crippen LogP) is 13.6. The minimum absolute atomic E-state index is 1.24. The summed E-state index contributed by atoms with van der Waals surface area (Å²) < 4.78 is 0. The fourth-order valence-corrected chi connectivity index (χ4v) is 7.69. The van der Waals surface area contributed by atoms with Crippen LogP contribution in [0.15, 0.2) is 182 Å². The Bertz CT molecular complexity index is 2890. The van der Waals surface area contributed by atoms with E-state index in [2.05, 4.69) is 182 Å². The summed E-state index contributed by atoms with van der Waals surface area (Å²) in [5.74, 6) is 0. The van der Waals surface area contributed by atoms with Gasteiger partial charge in [0, 0.05) is 0 Å². The van der Waals surface area contributed by atoms with Crippen molar-refractivity contribution in [3.63, 3.8) is 0 Å². The summed E-state index contributed by atoms with van der Waals surface area (Å²) in [6, 6.07) is 67.2. The van der Waals surface area contributed by atoms with Crippen LogP contribution in [0, 0.1) is 0 Å². The van der Waals surface area contributed by atoms with Gasteiger partial charge in [-0.2, -0.15) is 0 Å². The molecule has 0 aromatic heterocycles. The van der Waals surface area contributed by atoms with Crippen LogP contribution in [-0.4, -0.2) is 0 Å². The summed E-state index contributed by atoms with van der Waals surface area (Å²) in [7, 11) is 0. The number of hydrogen-bond acceptors (Lipinski definition) is 0. The SMILES string of the molecule is c1ccc2cc(-c3ccc4cc(-c5ccc6c(ccc7cc(-c8cc9ccccc9c9ccccc89)ccc76)c5)ccc4c3)ccc2c1. The first-order chi connectivity index (χ1) is 23.7. The van der Waals surface area contributed by atoms with Crippen LogP contribution >= 0.6 is 0 Å². The fourth-order valence-electron chi connectivity index (χ4n) is 7.69. The first kappa shape index (κ1) is 26.9. The zero-order valence-corrected chi connectivity index (χ0v) is 26.3. The molecule has 10 aromatic carbocycles. The molecule has 222 valence electrons. The van der Waals surface area contributed by atoms with Crippen LogP contribution < -0.4 is 0 Å². The molecule has 0 aliphatic rings. The van der Waals surface area contributed by atoms with Crippen molar-refractivity contribution in [3.8, 4) is 33.4 Å². The molecule has 0 atom stereocenters. The third-order valence-corrected chi connectivity index (χ3v) is 10.2. The molecule has 0 heteroatoms. The quantitative estimate of drug-likeness (QED) is 0.176. The van der Waals surface area contributed by atoms with Gasteiger partial charge >= 0.3 is 0 Å². The molecule has 0 heterocycles. The second kappa shape index (κ2) is 10.7. The van der Waals surface area contributed by atoms with E-state index in [0.29, 0.717) is 0 Å². The van der Waals surface area contributed by atoms with Crippen molar-refractivity contribution in [2.24, 2.45) is 0 Å². The number of benzene rings is 10. The highest BCUT2D eigenvalue weighted by Crippen LogP contribution is 2.38. The van der Waals surface area contributed by atoms with Crippen molar-refractivity contribution in [1.29, 1.82) is 0 Å². The Morgan fingerprint density at radius 2 is 0.542 bits per heavy atom. The van der Waals surface area contributed by atoms with E-state index in [1.807, 2.05) is 0 Å². The lowest BCUT2D eigenvalue weighted by Crippen LogP contribution is -1.86. The average Bonchev–Trinajstić information content (AvgIpc) is 3.16. The van der Waals surface area contributed by atoms with Crippen molar-refractivity contribution in [1.82, 2.24) is 0 Å². The third-order valence-electron chi connectivity index (χ3n) is 10.2. The van der Waals surface area contributed by atoms with Gasteiger partial charge in [-0.15, -0.1) is 0 Å². The summed E-state index contributed by atoms with van der Waals surface area (Å²) >= 11 is 0. The van der Waals surface area contributed by atoms with E-state index in [0.717, 1.165) is 0 Å². The first-order valence-corrected chi connectivity index (χ1v) is 16.7. The van der Waals surface area contributed by atoms with Crippen molar-refractivity contribution >= 4 is 64.6 Å². The fraction of sp³-hybridized carbons (Fsp3) is 0. The molecule has 0 radical (unpaired) electrons. The van der Waals surface area contributed by atoms with E-state index in [9.17, 15) is 0 Å². The maximum absolute atomic E-state index is 2.36. The molecule has 10 aromatic rings. The van der Waals surface area contributed by atoms with E-state index in [-0.39, 0.29) is 0 Å². The molecule has 0 unspecified atom stereocenters. The van der Waals surface area contributed by atoms with Crippen LogP contribution in [0.3, 0.4) is 0 Å². The average molecular weight is 607 g/mol. The van der Waals surface area contributed by atoms with E-state index in [1.54, 1.807) is 0 Å². The Kier molecular flexibility index (Phi) is 5.98. The van der Waals surface area contributed by atoms with E-state index in [1.165, 1.54) is 98.0 Å². The van der Waals surface area contributed by atoms with Crippen molar-refractivity contribution < 1.29 is 0 Å². The zero-order chi connectivity index (χ0) is 31.6. The summed E-state index contributed by atoms with van der Waals surface area (Å²) in [6.07, 6.45) is 0. The molecule has 0 N–H and O–H groups in total. The van der Waals surface area contributed by atoms with E-state index in [4.69, 9.17) is 0 Å². The molecular formula is C48H30. The Hall–Kier alpha value is -6.24. The Balaban J connectivity index is 1.01. The highest BCUT2D eigenvalue weighted by Gasteiger charge is 2.11.